The first-order valence-corrected chi connectivity index (χ1v) is 8.99. The van der Waals surface area contributed by atoms with Crippen LogP contribution in [0.15, 0.2) is 29.2 Å². The van der Waals surface area contributed by atoms with Crippen LogP contribution in [-0.2, 0) is 14.8 Å². The van der Waals surface area contributed by atoms with Crippen molar-refractivity contribution < 1.29 is 13.2 Å². The van der Waals surface area contributed by atoms with E-state index in [4.69, 9.17) is 0 Å². The summed E-state index contributed by atoms with van der Waals surface area (Å²) in [4.78, 5) is 15.1. The number of carbonyl (C=O) groups excluding carboxylic acids is 1. The summed E-state index contributed by atoms with van der Waals surface area (Å²) in [5.41, 5.74) is 0.863. The highest BCUT2D eigenvalue weighted by Gasteiger charge is 2.28. The Bertz CT molecular complexity index is 616. The van der Waals surface area contributed by atoms with E-state index in [-0.39, 0.29) is 17.7 Å². The molecule has 1 heterocycles. The molecule has 0 bridgehead atoms. The molecule has 5 nitrogen and oxygen atoms in total. The fraction of sp³-hybridized carbons (Fsp3) is 0.462. The van der Waals surface area contributed by atoms with Gasteiger partial charge in [0.2, 0.25) is 15.9 Å². The topological polar surface area (TPSA) is 57.7 Å². The van der Waals surface area contributed by atoms with Gasteiger partial charge in [0.05, 0.1) is 18.5 Å². The first kappa shape index (κ1) is 15.3. The lowest BCUT2D eigenvalue weighted by molar-refractivity contribution is -0.118. The number of hydrogen-bond acceptors (Lipinski definition) is 4. The summed E-state index contributed by atoms with van der Waals surface area (Å²) in [6, 6.07) is 7.70. The number of benzene rings is 1. The Kier molecular flexibility index (Phi) is 4.41. The highest BCUT2D eigenvalue weighted by molar-refractivity contribution is 8.00. The van der Waals surface area contributed by atoms with Gasteiger partial charge in [-0.15, -0.1) is 11.8 Å². The van der Waals surface area contributed by atoms with Gasteiger partial charge in [0.25, 0.3) is 0 Å². The largest absolute Gasteiger partial charge is 0.309 e. The van der Waals surface area contributed by atoms with Crippen LogP contribution in [0, 0.1) is 0 Å². The zero-order valence-corrected chi connectivity index (χ0v) is 13.4. The van der Waals surface area contributed by atoms with E-state index in [0.717, 1.165) is 21.1 Å². The number of fused-ring (bicyclic) bond motifs is 1. The van der Waals surface area contributed by atoms with Crippen LogP contribution < -0.4 is 4.90 Å². The summed E-state index contributed by atoms with van der Waals surface area (Å²) in [6.45, 7) is 2.52. The molecule has 20 heavy (non-hydrogen) atoms. The molecule has 0 spiro atoms. The van der Waals surface area contributed by atoms with Gasteiger partial charge in [-0.3, -0.25) is 4.79 Å². The van der Waals surface area contributed by atoms with Crippen LogP contribution >= 0.6 is 11.8 Å². The average Bonchev–Trinajstić information content (AvgIpc) is 2.36. The molecule has 0 N–H and O–H groups in total. The number of likely N-dealkylation sites (N-methyl/N-ethyl adjacent to an activating group) is 1. The highest BCUT2D eigenvalue weighted by Crippen LogP contribution is 2.38. The van der Waals surface area contributed by atoms with Gasteiger partial charge in [0.15, 0.2) is 0 Å². The van der Waals surface area contributed by atoms with E-state index >= 15 is 0 Å². The van der Waals surface area contributed by atoms with E-state index in [1.54, 1.807) is 16.7 Å². The Labute approximate surface area is 124 Å². The Morgan fingerprint density at radius 2 is 2.10 bits per heavy atom. The molecule has 0 radical (unpaired) electrons. The number of anilines is 1. The predicted octanol–water partition coefficient (Wildman–Crippen LogP) is 1.41. The van der Waals surface area contributed by atoms with Gasteiger partial charge in [-0.1, -0.05) is 19.1 Å². The number of thioether (sulfide) groups is 1. The predicted molar refractivity (Wildman–Crippen MR) is 81.6 cm³/mol. The van der Waals surface area contributed by atoms with Crippen molar-refractivity contribution in [1.82, 2.24) is 4.31 Å². The molecule has 110 valence electrons. The number of para-hydroxylation sites is 1. The molecule has 0 aromatic heterocycles. The second-order valence-corrected chi connectivity index (χ2v) is 8.49. The number of carbonyl (C=O) groups is 1. The van der Waals surface area contributed by atoms with Crippen LogP contribution in [0.1, 0.15) is 6.92 Å². The Morgan fingerprint density at radius 3 is 2.75 bits per heavy atom. The second kappa shape index (κ2) is 5.75. The highest BCUT2D eigenvalue weighted by atomic mass is 32.2. The van der Waals surface area contributed by atoms with Gasteiger partial charge < -0.3 is 4.90 Å². The first-order valence-electron chi connectivity index (χ1n) is 6.26. The number of rotatable bonds is 3. The van der Waals surface area contributed by atoms with Crippen molar-refractivity contribution in [3.05, 3.63) is 24.3 Å². The minimum absolute atomic E-state index is 0.134. The summed E-state index contributed by atoms with van der Waals surface area (Å²) in [5.74, 6) is -0.197. The van der Waals surface area contributed by atoms with Gasteiger partial charge in [-0.25, -0.2) is 8.42 Å². The van der Waals surface area contributed by atoms with E-state index in [1.807, 2.05) is 24.3 Å². The molecule has 0 aliphatic carbocycles. The number of amides is 1. The Hall–Kier alpha value is -1.05. The van der Waals surface area contributed by atoms with E-state index in [0.29, 0.717) is 6.54 Å². The average molecular weight is 314 g/mol. The zero-order chi connectivity index (χ0) is 14.9. The van der Waals surface area contributed by atoms with Gasteiger partial charge in [0.1, 0.15) is 0 Å². The van der Waals surface area contributed by atoms with Crippen LogP contribution in [0.3, 0.4) is 0 Å². The lowest BCUT2D eigenvalue weighted by Crippen LogP contribution is -2.44. The van der Waals surface area contributed by atoms with Crippen molar-refractivity contribution in [2.45, 2.75) is 17.1 Å². The number of nitrogens with zero attached hydrogens (tertiary/aromatic N) is 2. The van der Waals surface area contributed by atoms with Crippen LogP contribution in [0.5, 0.6) is 0 Å². The summed E-state index contributed by atoms with van der Waals surface area (Å²) in [6.07, 6.45) is 1.10. The molecule has 1 aliphatic rings. The normalized spacial score (nSPS) is 19.0. The van der Waals surface area contributed by atoms with E-state index < -0.39 is 10.0 Å². The van der Waals surface area contributed by atoms with E-state index in [2.05, 4.69) is 6.92 Å². The molecule has 1 aliphatic heterocycles. The second-order valence-electron chi connectivity index (χ2n) is 4.92. The molecule has 2 rings (SSSR count). The van der Waals surface area contributed by atoms with Gasteiger partial charge in [-0.2, -0.15) is 4.31 Å². The zero-order valence-electron chi connectivity index (χ0n) is 11.7. The fourth-order valence-corrected chi connectivity index (χ4v) is 3.48. The van der Waals surface area contributed by atoms with Crippen LogP contribution in [0.4, 0.5) is 5.69 Å². The van der Waals surface area contributed by atoms with Crippen molar-refractivity contribution in [2.75, 3.05) is 31.3 Å². The molecule has 1 aromatic carbocycles. The lowest BCUT2D eigenvalue weighted by atomic mass is 10.2. The summed E-state index contributed by atoms with van der Waals surface area (Å²) in [7, 11) is -1.93. The van der Waals surface area contributed by atoms with Crippen molar-refractivity contribution in [3.8, 4) is 0 Å². The van der Waals surface area contributed by atoms with E-state index in [9.17, 15) is 13.2 Å². The van der Waals surface area contributed by atoms with E-state index in [1.165, 1.54) is 7.05 Å². The summed E-state index contributed by atoms with van der Waals surface area (Å²) < 4.78 is 23.9. The van der Waals surface area contributed by atoms with Gasteiger partial charge >= 0.3 is 0 Å². The number of hydrogen-bond donors (Lipinski definition) is 0. The molecule has 7 heteroatoms. The quantitative estimate of drug-likeness (QED) is 0.846. The third kappa shape index (κ3) is 3.34. The van der Waals surface area contributed by atoms with Crippen molar-refractivity contribution in [3.63, 3.8) is 0 Å². The molecule has 0 unspecified atom stereocenters. The maximum absolute atomic E-state index is 12.4. The van der Waals surface area contributed by atoms with Crippen LogP contribution in [-0.4, -0.2) is 50.3 Å². The molecular formula is C13H18N2O3S2. The maximum atomic E-state index is 12.4. The molecule has 0 fully saturated rings. The smallest absolute Gasteiger partial charge is 0.242 e. The van der Waals surface area contributed by atoms with Gasteiger partial charge in [0, 0.05) is 23.7 Å². The molecular weight excluding hydrogens is 296 g/mol. The van der Waals surface area contributed by atoms with Crippen molar-refractivity contribution in [1.29, 1.82) is 0 Å². The standard InChI is InChI=1S/C13H18N2O3S2/c1-10-8-15(11-6-4-5-7-12(11)19-10)13(16)9-14(2)20(3,17)18/h4-7,10H,8-9H2,1-3H3/t10-/m0/s1. The van der Waals surface area contributed by atoms with Crippen molar-refractivity contribution >= 4 is 33.4 Å². The SMILES string of the molecule is C[C@H]1CN(C(=O)CN(C)S(C)(=O)=O)c2ccccc2S1. The Morgan fingerprint density at radius 1 is 1.45 bits per heavy atom. The monoisotopic (exact) mass is 314 g/mol. The van der Waals surface area contributed by atoms with Crippen LogP contribution in [0.2, 0.25) is 0 Å². The Balaban J connectivity index is 2.23. The third-order valence-corrected chi connectivity index (χ3v) is 5.56. The van der Waals surface area contributed by atoms with Gasteiger partial charge in [-0.05, 0) is 12.1 Å². The molecule has 1 amide bonds. The third-order valence-electron chi connectivity index (χ3n) is 3.15. The lowest BCUT2D eigenvalue weighted by Gasteiger charge is -2.33. The molecule has 0 saturated carbocycles. The summed E-state index contributed by atoms with van der Waals surface area (Å²) >= 11 is 1.73. The minimum Gasteiger partial charge on any atom is -0.309 e. The van der Waals surface area contributed by atoms with Crippen LogP contribution in [0.25, 0.3) is 0 Å². The van der Waals surface area contributed by atoms with Crippen molar-refractivity contribution in [2.24, 2.45) is 0 Å². The summed E-state index contributed by atoms with van der Waals surface area (Å²) in [5, 5.41) is 0.289. The minimum atomic E-state index is -3.35. The molecule has 1 aromatic rings. The maximum Gasteiger partial charge on any atom is 0.242 e. The first-order chi connectivity index (χ1) is 9.29. The molecule has 0 saturated heterocycles. The molecule has 1 atom stereocenters. The number of sulfonamides is 1. The fourth-order valence-electron chi connectivity index (χ4n) is 2.02.